The number of primary amides is 1. The molecule has 2 aliphatic rings. The van der Waals surface area contributed by atoms with E-state index in [1.807, 2.05) is 4.90 Å². The number of amides is 2. The van der Waals surface area contributed by atoms with E-state index in [-0.39, 0.29) is 11.8 Å². The van der Waals surface area contributed by atoms with Crippen LogP contribution in [0.4, 0.5) is 0 Å². The van der Waals surface area contributed by atoms with E-state index in [0.29, 0.717) is 24.7 Å². The van der Waals surface area contributed by atoms with Gasteiger partial charge in [0.05, 0.1) is 0 Å². The Kier molecular flexibility index (Phi) is 5.19. The molecule has 2 saturated heterocycles. The second kappa shape index (κ2) is 6.89. The second-order valence-electron chi connectivity index (χ2n) is 5.89. The Morgan fingerprint density at radius 2 is 1.89 bits per heavy atom. The van der Waals surface area contributed by atoms with Gasteiger partial charge in [0.25, 0.3) is 0 Å². The van der Waals surface area contributed by atoms with Gasteiger partial charge >= 0.3 is 0 Å². The van der Waals surface area contributed by atoms with Crippen LogP contribution in [-0.2, 0) is 9.59 Å². The monoisotopic (exact) mass is 267 g/mol. The van der Waals surface area contributed by atoms with Gasteiger partial charge in [0, 0.05) is 25.9 Å². The molecule has 5 heteroatoms. The minimum atomic E-state index is -0.224. The Morgan fingerprint density at radius 1 is 1.16 bits per heavy atom. The molecule has 0 aromatic rings. The highest BCUT2D eigenvalue weighted by atomic mass is 16.2. The molecule has 0 aromatic heterocycles. The summed E-state index contributed by atoms with van der Waals surface area (Å²) in [7, 11) is 0. The quantitative estimate of drug-likeness (QED) is 0.761. The summed E-state index contributed by atoms with van der Waals surface area (Å²) in [6, 6.07) is 0. The largest absolute Gasteiger partial charge is 0.370 e. The fourth-order valence-electron chi connectivity index (χ4n) is 3.12. The van der Waals surface area contributed by atoms with E-state index in [4.69, 9.17) is 5.73 Å². The maximum absolute atomic E-state index is 12.1. The lowest BCUT2D eigenvalue weighted by atomic mass is 9.93. The van der Waals surface area contributed by atoms with Crippen LogP contribution in [0, 0.1) is 11.8 Å². The fourth-order valence-corrected chi connectivity index (χ4v) is 3.12. The molecule has 3 N–H and O–H groups in total. The molecule has 5 nitrogen and oxygen atoms in total. The van der Waals surface area contributed by atoms with Crippen LogP contribution in [0.15, 0.2) is 0 Å². The number of nitrogens with zero attached hydrogens (tertiary/aromatic N) is 1. The van der Waals surface area contributed by atoms with Gasteiger partial charge in [-0.1, -0.05) is 0 Å². The molecule has 1 unspecified atom stereocenters. The molecule has 0 saturated carbocycles. The van der Waals surface area contributed by atoms with Crippen LogP contribution in [0.2, 0.25) is 0 Å². The highest BCUT2D eigenvalue weighted by molar-refractivity contribution is 5.76. The molecule has 0 bridgehead atoms. The number of carbonyl (C=O) groups is 2. The fraction of sp³-hybridized carbons (Fsp3) is 0.857. The van der Waals surface area contributed by atoms with Gasteiger partial charge in [-0.3, -0.25) is 9.59 Å². The van der Waals surface area contributed by atoms with Crippen LogP contribution < -0.4 is 11.1 Å². The van der Waals surface area contributed by atoms with Crippen molar-refractivity contribution in [2.45, 2.75) is 38.5 Å². The van der Waals surface area contributed by atoms with Gasteiger partial charge in [-0.25, -0.2) is 0 Å². The van der Waals surface area contributed by atoms with Gasteiger partial charge < -0.3 is 16.0 Å². The lowest BCUT2D eigenvalue weighted by Crippen LogP contribution is -2.39. The maximum atomic E-state index is 12.1. The zero-order valence-corrected chi connectivity index (χ0v) is 11.6. The molecule has 0 spiro atoms. The lowest BCUT2D eigenvalue weighted by molar-refractivity contribution is -0.133. The number of hydrogen-bond donors (Lipinski definition) is 2. The van der Waals surface area contributed by atoms with E-state index >= 15 is 0 Å². The standard InChI is InChI=1S/C14H25N3O2/c15-13(18)9-11-4-7-17(8-5-11)14(19)2-1-12-3-6-16-10-12/h11-12,16H,1-10H2,(H2,15,18). The van der Waals surface area contributed by atoms with Gasteiger partial charge in [-0.2, -0.15) is 0 Å². The van der Waals surface area contributed by atoms with E-state index in [2.05, 4.69) is 5.32 Å². The predicted octanol–water partition coefficient (Wildman–Crippen LogP) is 0.490. The summed E-state index contributed by atoms with van der Waals surface area (Å²) in [5.74, 6) is 1.11. The van der Waals surface area contributed by atoms with Crippen molar-refractivity contribution < 1.29 is 9.59 Å². The number of carbonyl (C=O) groups excluding carboxylic acids is 2. The highest BCUT2D eigenvalue weighted by Crippen LogP contribution is 2.22. The Balaban J connectivity index is 1.65. The number of nitrogens with two attached hydrogens (primary N) is 1. The van der Waals surface area contributed by atoms with Gasteiger partial charge in [0.2, 0.25) is 11.8 Å². The Morgan fingerprint density at radius 3 is 2.47 bits per heavy atom. The van der Waals surface area contributed by atoms with E-state index in [9.17, 15) is 9.59 Å². The number of rotatable bonds is 5. The molecule has 1 atom stereocenters. The third-order valence-corrected chi connectivity index (χ3v) is 4.39. The summed E-state index contributed by atoms with van der Waals surface area (Å²) < 4.78 is 0. The van der Waals surface area contributed by atoms with Crippen LogP contribution >= 0.6 is 0 Å². The zero-order valence-electron chi connectivity index (χ0n) is 11.6. The molecule has 2 rings (SSSR count). The first-order chi connectivity index (χ1) is 9.15. The van der Waals surface area contributed by atoms with Crippen LogP contribution in [0.5, 0.6) is 0 Å². The summed E-state index contributed by atoms with van der Waals surface area (Å²) >= 11 is 0. The van der Waals surface area contributed by atoms with Crippen LogP contribution in [-0.4, -0.2) is 42.9 Å². The molecule has 0 radical (unpaired) electrons. The molecule has 19 heavy (non-hydrogen) atoms. The van der Waals surface area contributed by atoms with E-state index in [1.165, 1.54) is 6.42 Å². The van der Waals surface area contributed by atoms with Crippen molar-refractivity contribution in [3.05, 3.63) is 0 Å². The molecular weight excluding hydrogens is 242 g/mol. The van der Waals surface area contributed by atoms with Gasteiger partial charge in [0.15, 0.2) is 0 Å². The molecule has 2 amide bonds. The van der Waals surface area contributed by atoms with Crippen molar-refractivity contribution >= 4 is 11.8 Å². The zero-order chi connectivity index (χ0) is 13.7. The molecular formula is C14H25N3O2. The topological polar surface area (TPSA) is 75.4 Å². The Bertz CT molecular complexity index is 319. The smallest absolute Gasteiger partial charge is 0.222 e. The van der Waals surface area contributed by atoms with Gasteiger partial charge in [0.1, 0.15) is 0 Å². The van der Waals surface area contributed by atoms with Crippen molar-refractivity contribution in [3.63, 3.8) is 0 Å². The highest BCUT2D eigenvalue weighted by Gasteiger charge is 2.24. The van der Waals surface area contributed by atoms with Gasteiger partial charge in [-0.05, 0) is 50.6 Å². The first-order valence-corrected chi connectivity index (χ1v) is 7.42. The first-order valence-electron chi connectivity index (χ1n) is 7.42. The van der Waals surface area contributed by atoms with Crippen LogP contribution in [0.1, 0.15) is 38.5 Å². The van der Waals surface area contributed by atoms with Crippen molar-refractivity contribution in [1.82, 2.24) is 10.2 Å². The number of nitrogens with one attached hydrogen (secondary N) is 1. The Labute approximate surface area is 114 Å². The molecule has 2 fully saturated rings. The Hall–Kier alpha value is -1.10. The minimum absolute atomic E-state index is 0.224. The number of likely N-dealkylation sites (tertiary alicyclic amines) is 1. The van der Waals surface area contributed by atoms with E-state index in [1.54, 1.807) is 0 Å². The molecule has 2 heterocycles. The number of hydrogen-bond acceptors (Lipinski definition) is 3. The normalized spacial score (nSPS) is 24.6. The molecule has 0 aliphatic carbocycles. The van der Waals surface area contributed by atoms with Crippen molar-refractivity contribution in [1.29, 1.82) is 0 Å². The van der Waals surface area contributed by atoms with E-state index < -0.39 is 0 Å². The average molecular weight is 267 g/mol. The summed E-state index contributed by atoms with van der Waals surface area (Å²) in [5.41, 5.74) is 5.21. The average Bonchev–Trinajstić information content (AvgIpc) is 2.89. The molecule has 0 aromatic carbocycles. The SMILES string of the molecule is NC(=O)CC1CCN(C(=O)CCC2CCNC2)CC1. The van der Waals surface area contributed by atoms with Gasteiger partial charge in [-0.15, -0.1) is 0 Å². The third kappa shape index (κ3) is 4.49. The number of piperidine rings is 1. The van der Waals surface area contributed by atoms with E-state index in [0.717, 1.165) is 45.4 Å². The summed E-state index contributed by atoms with van der Waals surface area (Å²) in [6.07, 6.45) is 5.18. The maximum Gasteiger partial charge on any atom is 0.222 e. The summed E-state index contributed by atoms with van der Waals surface area (Å²) in [5, 5.41) is 3.33. The summed E-state index contributed by atoms with van der Waals surface area (Å²) in [4.78, 5) is 24.9. The minimum Gasteiger partial charge on any atom is -0.370 e. The van der Waals surface area contributed by atoms with Crippen molar-refractivity contribution in [2.24, 2.45) is 17.6 Å². The molecule has 2 aliphatic heterocycles. The first kappa shape index (κ1) is 14.3. The lowest BCUT2D eigenvalue weighted by Gasteiger charge is -2.31. The van der Waals surface area contributed by atoms with Crippen molar-refractivity contribution in [2.75, 3.05) is 26.2 Å². The van der Waals surface area contributed by atoms with Crippen molar-refractivity contribution in [3.8, 4) is 0 Å². The van der Waals surface area contributed by atoms with Crippen LogP contribution in [0.3, 0.4) is 0 Å². The third-order valence-electron chi connectivity index (χ3n) is 4.39. The second-order valence-corrected chi connectivity index (χ2v) is 5.89. The summed E-state index contributed by atoms with van der Waals surface area (Å²) in [6.45, 7) is 3.74. The predicted molar refractivity (Wildman–Crippen MR) is 73.3 cm³/mol. The molecule has 108 valence electrons. The van der Waals surface area contributed by atoms with Crippen LogP contribution in [0.25, 0.3) is 0 Å².